The van der Waals surface area contributed by atoms with E-state index >= 15 is 0 Å². The van der Waals surface area contributed by atoms with Gasteiger partial charge in [0.05, 0.1) is 4.88 Å². The summed E-state index contributed by atoms with van der Waals surface area (Å²) in [5.41, 5.74) is 6.84. The van der Waals surface area contributed by atoms with E-state index in [-0.39, 0.29) is 22.7 Å². The van der Waals surface area contributed by atoms with Gasteiger partial charge in [-0.2, -0.15) is 0 Å². The van der Waals surface area contributed by atoms with Crippen molar-refractivity contribution in [3.05, 3.63) is 116 Å². The maximum atomic E-state index is 14.0. The highest BCUT2D eigenvalue weighted by atomic mass is 32.1. The van der Waals surface area contributed by atoms with Crippen molar-refractivity contribution in [2.75, 3.05) is 0 Å². The summed E-state index contributed by atoms with van der Waals surface area (Å²) < 4.78 is 0. The van der Waals surface area contributed by atoms with E-state index in [0.717, 1.165) is 58.4 Å². The normalized spacial score (nSPS) is 13.4. The molecule has 0 bridgehead atoms. The molecular weight excluding hydrogens is 530 g/mol. The number of benzene rings is 3. The Morgan fingerprint density at radius 2 is 1.46 bits per heavy atom. The van der Waals surface area contributed by atoms with Crippen LogP contribution in [0.3, 0.4) is 0 Å². The number of oxime groups is 1. The van der Waals surface area contributed by atoms with Crippen LogP contribution in [0.2, 0.25) is 0 Å². The molecule has 1 heterocycles. The van der Waals surface area contributed by atoms with Gasteiger partial charge in [-0.3, -0.25) is 9.59 Å². The van der Waals surface area contributed by atoms with Crippen molar-refractivity contribution in [2.24, 2.45) is 5.16 Å². The summed E-state index contributed by atoms with van der Waals surface area (Å²) in [5.74, 6) is -0.873. The standard InChI is InChI=1S/C35H33NO4S/c1-5-17-35(18-6-2)29-20-24(33(38)31-12-9-19-41-31)13-15-27(29)28-16-14-25(21-30(28)35)34(39)32(36-40-23(4)37)26-11-8-7-10-22(26)3/h7-16,19-21H,5-6,17-18H2,1-4H3/b36-32+. The first-order valence-electron chi connectivity index (χ1n) is 14.0. The Bertz CT molecular complexity index is 1660. The Hall–Kier alpha value is -4.16. The van der Waals surface area contributed by atoms with Gasteiger partial charge in [0.25, 0.3) is 0 Å². The average Bonchev–Trinajstić information content (AvgIpc) is 3.60. The summed E-state index contributed by atoms with van der Waals surface area (Å²) in [6.45, 7) is 7.50. The molecule has 208 valence electrons. The van der Waals surface area contributed by atoms with E-state index in [0.29, 0.717) is 16.7 Å². The first-order chi connectivity index (χ1) is 19.8. The van der Waals surface area contributed by atoms with Crippen LogP contribution in [0, 0.1) is 6.92 Å². The molecule has 5 rings (SSSR count). The van der Waals surface area contributed by atoms with Crippen molar-refractivity contribution in [3.63, 3.8) is 0 Å². The van der Waals surface area contributed by atoms with E-state index in [4.69, 9.17) is 4.84 Å². The number of ketones is 2. The molecule has 3 aromatic carbocycles. The highest BCUT2D eigenvalue weighted by Crippen LogP contribution is 2.54. The second kappa shape index (κ2) is 11.8. The molecule has 6 heteroatoms. The minimum absolute atomic E-state index is 0.0288. The topological polar surface area (TPSA) is 72.8 Å². The second-order valence-electron chi connectivity index (χ2n) is 10.6. The molecule has 0 unspecified atom stereocenters. The van der Waals surface area contributed by atoms with Crippen LogP contribution in [0.15, 0.2) is 83.3 Å². The Kier molecular flexibility index (Phi) is 8.13. The molecule has 41 heavy (non-hydrogen) atoms. The summed E-state index contributed by atoms with van der Waals surface area (Å²) in [4.78, 5) is 44.7. The minimum atomic E-state index is -0.592. The largest absolute Gasteiger partial charge is 0.332 e. The third-order valence-corrected chi connectivity index (χ3v) is 8.73. The fourth-order valence-electron chi connectivity index (χ4n) is 6.14. The Morgan fingerprint density at radius 1 is 0.829 bits per heavy atom. The van der Waals surface area contributed by atoms with Crippen LogP contribution in [0.5, 0.6) is 0 Å². The number of fused-ring (bicyclic) bond motifs is 3. The highest BCUT2D eigenvalue weighted by molar-refractivity contribution is 7.12. The molecule has 4 aromatic rings. The molecule has 5 nitrogen and oxygen atoms in total. The van der Waals surface area contributed by atoms with Crippen LogP contribution in [0.1, 0.15) is 94.3 Å². The van der Waals surface area contributed by atoms with Crippen molar-refractivity contribution >= 4 is 34.6 Å². The number of Topliss-reactive ketones (excluding diaryl/α,β-unsaturated/α-hetero) is 1. The van der Waals surface area contributed by atoms with Crippen LogP contribution in [-0.2, 0) is 15.0 Å². The lowest BCUT2D eigenvalue weighted by Gasteiger charge is -2.32. The van der Waals surface area contributed by atoms with Gasteiger partial charge in [-0.1, -0.05) is 86.4 Å². The summed E-state index contributed by atoms with van der Waals surface area (Å²) in [6, 6.07) is 23.1. The maximum Gasteiger partial charge on any atom is 0.332 e. The van der Waals surface area contributed by atoms with E-state index in [1.807, 2.05) is 73.0 Å². The highest BCUT2D eigenvalue weighted by Gasteiger charge is 2.42. The number of carbonyl (C=O) groups is 3. The molecule has 0 saturated heterocycles. The molecule has 0 amide bonds. The van der Waals surface area contributed by atoms with Gasteiger partial charge in [0.15, 0.2) is 5.71 Å². The molecular formula is C35H33NO4S. The molecule has 0 spiro atoms. The van der Waals surface area contributed by atoms with Gasteiger partial charge >= 0.3 is 5.97 Å². The van der Waals surface area contributed by atoms with Crippen LogP contribution >= 0.6 is 11.3 Å². The van der Waals surface area contributed by atoms with E-state index in [2.05, 4.69) is 31.1 Å². The number of aryl methyl sites for hydroxylation is 1. The molecule has 1 aliphatic carbocycles. The molecule has 0 fully saturated rings. The van der Waals surface area contributed by atoms with Gasteiger partial charge in [-0.05, 0) is 71.2 Å². The van der Waals surface area contributed by atoms with Gasteiger partial charge in [-0.25, -0.2) is 4.79 Å². The van der Waals surface area contributed by atoms with Crippen LogP contribution in [-0.4, -0.2) is 23.2 Å². The Labute approximate surface area is 244 Å². The first-order valence-corrected chi connectivity index (χ1v) is 14.9. The van der Waals surface area contributed by atoms with Gasteiger partial charge in [0.1, 0.15) is 0 Å². The fourth-order valence-corrected chi connectivity index (χ4v) is 6.83. The predicted molar refractivity (Wildman–Crippen MR) is 164 cm³/mol. The van der Waals surface area contributed by atoms with Crippen molar-refractivity contribution in [1.82, 2.24) is 0 Å². The third kappa shape index (κ3) is 5.20. The summed E-state index contributed by atoms with van der Waals surface area (Å²) in [5, 5.41) is 5.93. The number of rotatable bonds is 10. The predicted octanol–water partition coefficient (Wildman–Crippen LogP) is 8.30. The monoisotopic (exact) mass is 563 g/mol. The summed E-state index contributed by atoms with van der Waals surface area (Å²) in [6.07, 6.45) is 3.67. The van der Waals surface area contributed by atoms with E-state index < -0.39 is 5.97 Å². The van der Waals surface area contributed by atoms with Crippen molar-refractivity contribution in [1.29, 1.82) is 0 Å². The van der Waals surface area contributed by atoms with Crippen LogP contribution < -0.4 is 0 Å². The lowest BCUT2D eigenvalue weighted by atomic mass is 9.71. The van der Waals surface area contributed by atoms with Gasteiger partial charge in [-0.15, -0.1) is 11.3 Å². The quantitative estimate of drug-likeness (QED) is 0.0842. The number of hydrogen-bond acceptors (Lipinski definition) is 6. The zero-order valence-electron chi connectivity index (χ0n) is 23.8. The fraction of sp³-hybridized carbons (Fsp3) is 0.257. The number of carbonyl (C=O) groups excluding carboxylic acids is 3. The third-order valence-electron chi connectivity index (χ3n) is 7.86. The molecule has 0 radical (unpaired) electrons. The van der Waals surface area contributed by atoms with E-state index in [1.54, 1.807) is 0 Å². The van der Waals surface area contributed by atoms with E-state index in [1.165, 1.54) is 18.3 Å². The number of hydrogen-bond donors (Lipinski definition) is 0. The molecule has 0 atom stereocenters. The maximum absolute atomic E-state index is 14.0. The van der Waals surface area contributed by atoms with Crippen molar-refractivity contribution < 1.29 is 19.2 Å². The second-order valence-corrected chi connectivity index (χ2v) is 11.5. The lowest BCUT2D eigenvalue weighted by Crippen LogP contribution is -2.26. The van der Waals surface area contributed by atoms with Gasteiger partial charge in [0.2, 0.25) is 11.6 Å². The Balaban J connectivity index is 1.64. The van der Waals surface area contributed by atoms with E-state index in [9.17, 15) is 14.4 Å². The minimum Gasteiger partial charge on any atom is -0.318 e. The van der Waals surface area contributed by atoms with Gasteiger partial charge in [0, 0.05) is 29.0 Å². The lowest BCUT2D eigenvalue weighted by molar-refractivity contribution is -0.140. The summed E-state index contributed by atoms with van der Waals surface area (Å²) in [7, 11) is 0. The van der Waals surface area contributed by atoms with Crippen molar-refractivity contribution in [3.8, 4) is 11.1 Å². The molecule has 0 aliphatic heterocycles. The molecule has 0 N–H and O–H groups in total. The number of thiophene rings is 1. The number of nitrogens with zero attached hydrogens (tertiary/aromatic N) is 1. The molecule has 1 aromatic heterocycles. The van der Waals surface area contributed by atoms with Gasteiger partial charge < -0.3 is 4.84 Å². The SMILES string of the molecule is CCCC1(CCC)c2cc(C(=O)/C(=N/OC(C)=O)c3ccccc3C)ccc2-c2ccc(C(=O)c3cccs3)cc21. The first kappa shape index (κ1) is 28.4. The molecule has 0 saturated carbocycles. The smallest absolute Gasteiger partial charge is 0.318 e. The average molecular weight is 564 g/mol. The zero-order valence-corrected chi connectivity index (χ0v) is 24.6. The zero-order chi connectivity index (χ0) is 29.1. The molecule has 1 aliphatic rings. The summed E-state index contributed by atoms with van der Waals surface area (Å²) >= 11 is 1.45. The van der Waals surface area contributed by atoms with Crippen molar-refractivity contribution in [2.45, 2.75) is 58.8 Å². The van der Waals surface area contributed by atoms with Crippen LogP contribution in [0.4, 0.5) is 0 Å². The Morgan fingerprint density at radius 3 is 2.05 bits per heavy atom. The van der Waals surface area contributed by atoms with Crippen LogP contribution in [0.25, 0.3) is 11.1 Å².